The van der Waals surface area contributed by atoms with Gasteiger partial charge in [-0.3, -0.25) is 11.3 Å². The van der Waals surface area contributed by atoms with Crippen LogP contribution in [0.3, 0.4) is 0 Å². The average Bonchev–Trinajstić information content (AvgIpc) is 2.77. The summed E-state index contributed by atoms with van der Waals surface area (Å²) >= 11 is 7.32. The summed E-state index contributed by atoms with van der Waals surface area (Å²) in [6, 6.07) is 4.63. The molecule has 1 heterocycles. The maximum atomic E-state index is 13.7. The SMILES string of the molecule is Cc1csc(CC(Cc2ccc(Cl)cc2F)NN)n1. The van der Waals surface area contributed by atoms with Crippen LogP contribution in [0.25, 0.3) is 0 Å². The van der Waals surface area contributed by atoms with Gasteiger partial charge in [0.2, 0.25) is 0 Å². The molecular formula is C13H15ClFN3S. The third-order valence-corrected chi connectivity index (χ3v) is 4.03. The second-order valence-electron chi connectivity index (χ2n) is 4.39. The van der Waals surface area contributed by atoms with Crippen LogP contribution in [0, 0.1) is 12.7 Å². The number of aromatic nitrogens is 1. The second kappa shape index (κ2) is 6.43. The molecule has 0 spiro atoms. The molecule has 1 unspecified atom stereocenters. The molecule has 3 N–H and O–H groups in total. The Kier molecular flexibility index (Phi) is 4.87. The van der Waals surface area contributed by atoms with Gasteiger partial charge in [-0.15, -0.1) is 11.3 Å². The number of nitrogens with zero attached hydrogens (tertiary/aromatic N) is 1. The van der Waals surface area contributed by atoms with Gasteiger partial charge in [-0.1, -0.05) is 17.7 Å². The first-order valence-corrected chi connectivity index (χ1v) is 7.15. The van der Waals surface area contributed by atoms with Gasteiger partial charge in [0.15, 0.2) is 0 Å². The number of benzene rings is 1. The van der Waals surface area contributed by atoms with Crippen molar-refractivity contribution >= 4 is 22.9 Å². The molecule has 0 bridgehead atoms. The van der Waals surface area contributed by atoms with Crippen LogP contribution >= 0.6 is 22.9 Å². The Balaban J connectivity index is 2.06. The van der Waals surface area contributed by atoms with E-state index in [0.29, 0.717) is 23.4 Å². The lowest BCUT2D eigenvalue weighted by atomic mass is 10.0. The monoisotopic (exact) mass is 299 g/mol. The average molecular weight is 300 g/mol. The molecule has 0 amide bonds. The lowest BCUT2D eigenvalue weighted by Gasteiger charge is -2.15. The van der Waals surface area contributed by atoms with Crippen LogP contribution in [0.1, 0.15) is 16.3 Å². The van der Waals surface area contributed by atoms with Gasteiger partial charge >= 0.3 is 0 Å². The Morgan fingerprint density at radius 2 is 2.26 bits per heavy atom. The minimum atomic E-state index is -0.303. The number of aryl methyl sites for hydroxylation is 1. The van der Waals surface area contributed by atoms with Crippen molar-refractivity contribution in [3.8, 4) is 0 Å². The molecular weight excluding hydrogens is 285 g/mol. The first kappa shape index (κ1) is 14.4. The predicted octanol–water partition coefficient (Wildman–Crippen LogP) is 2.86. The highest BCUT2D eigenvalue weighted by atomic mass is 35.5. The van der Waals surface area contributed by atoms with Crippen molar-refractivity contribution in [1.29, 1.82) is 0 Å². The highest BCUT2D eigenvalue weighted by Gasteiger charge is 2.13. The Labute approximate surface area is 120 Å². The van der Waals surface area contributed by atoms with Gasteiger partial charge in [0.05, 0.1) is 5.01 Å². The number of hydrogen-bond donors (Lipinski definition) is 2. The summed E-state index contributed by atoms with van der Waals surface area (Å²) in [6.45, 7) is 1.95. The van der Waals surface area contributed by atoms with E-state index in [9.17, 15) is 4.39 Å². The Hall–Kier alpha value is -1.01. The first-order valence-electron chi connectivity index (χ1n) is 5.89. The lowest BCUT2D eigenvalue weighted by Crippen LogP contribution is -2.38. The fourth-order valence-electron chi connectivity index (χ4n) is 1.85. The summed E-state index contributed by atoms with van der Waals surface area (Å²) in [7, 11) is 0. The molecule has 3 nitrogen and oxygen atoms in total. The number of hydrazine groups is 1. The fourth-order valence-corrected chi connectivity index (χ4v) is 2.86. The predicted molar refractivity (Wildman–Crippen MR) is 76.8 cm³/mol. The summed E-state index contributed by atoms with van der Waals surface area (Å²) in [4.78, 5) is 4.38. The topological polar surface area (TPSA) is 50.9 Å². The minimum absolute atomic E-state index is 0.0544. The summed E-state index contributed by atoms with van der Waals surface area (Å²) in [5, 5.41) is 3.38. The number of nitrogens with two attached hydrogens (primary N) is 1. The zero-order chi connectivity index (χ0) is 13.8. The maximum absolute atomic E-state index is 13.7. The number of halogens is 2. The number of rotatable bonds is 5. The molecule has 6 heteroatoms. The van der Waals surface area contributed by atoms with Gasteiger partial charge in [0, 0.05) is 28.6 Å². The highest BCUT2D eigenvalue weighted by molar-refractivity contribution is 7.09. The van der Waals surface area contributed by atoms with Crippen LogP contribution in [0.4, 0.5) is 4.39 Å². The number of nitrogens with one attached hydrogen (secondary N) is 1. The Bertz CT molecular complexity index is 559. The van der Waals surface area contributed by atoms with Gasteiger partial charge in [-0.05, 0) is 31.0 Å². The third kappa shape index (κ3) is 3.98. The quantitative estimate of drug-likeness (QED) is 0.659. The molecule has 0 aliphatic heterocycles. The molecule has 0 saturated carbocycles. The largest absolute Gasteiger partial charge is 0.271 e. The van der Waals surface area contributed by atoms with Gasteiger partial charge in [-0.2, -0.15) is 0 Å². The second-order valence-corrected chi connectivity index (χ2v) is 5.77. The molecule has 2 rings (SSSR count). The molecule has 102 valence electrons. The third-order valence-electron chi connectivity index (χ3n) is 2.80. The van der Waals surface area contributed by atoms with Gasteiger partial charge in [0.1, 0.15) is 5.82 Å². The van der Waals surface area contributed by atoms with Crippen molar-refractivity contribution in [2.24, 2.45) is 5.84 Å². The van der Waals surface area contributed by atoms with Gasteiger partial charge < -0.3 is 0 Å². The van der Waals surface area contributed by atoms with Crippen LogP contribution in [-0.2, 0) is 12.8 Å². The van der Waals surface area contributed by atoms with E-state index in [-0.39, 0.29) is 11.9 Å². The maximum Gasteiger partial charge on any atom is 0.127 e. The van der Waals surface area contributed by atoms with Crippen molar-refractivity contribution in [2.45, 2.75) is 25.8 Å². The van der Waals surface area contributed by atoms with Gasteiger partial charge in [0.25, 0.3) is 0 Å². The molecule has 1 aromatic carbocycles. The van der Waals surface area contributed by atoms with Crippen molar-refractivity contribution in [2.75, 3.05) is 0 Å². The molecule has 0 aliphatic carbocycles. The van der Waals surface area contributed by atoms with E-state index < -0.39 is 0 Å². The molecule has 0 saturated heterocycles. The van der Waals surface area contributed by atoms with Crippen molar-refractivity contribution in [3.63, 3.8) is 0 Å². The van der Waals surface area contributed by atoms with E-state index in [0.717, 1.165) is 10.7 Å². The Morgan fingerprint density at radius 1 is 1.47 bits per heavy atom. The smallest absolute Gasteiger partial charge is 0.127 e. The normalized spacial score (nSPS) is 12.6. The van der Waals surface area contributed by atoms with Crippen LogP contribution in [0.15, 0.2) is 23.6 Å². The van der Waals surface area contributed by atoms with Crippen LogP contribution in [0.5, 0.6) is 0 Å². The first-order chi connectivity index (χ1) is 9.08. The van der Waals surface area contributed by atoms with E-state index in [2.05, 4.69) is 10.4 Å². The zero-order valence-electron chi connectivity index (χ0n) is 10.5. The van der Waals surface area contributed by atoms with E-state index in [1.54, 1.807) is 23.5 Å². The molecule has 0 radical (unpaired) electrons. The standard InChI is InChI=1S/C13H15ClFN3S/c1-8-7-19-13(17-8)6-11(18-16)4-9-2-3-10(14)5-12(9)15/h2-3,5,7,11,18H,4,6,16H2,1H3. The molecule has 1 aromatic heterocycles. The summed E-state index contributed by atoms with van der Waals surface area (Å²) in [6.07, 6.45) is 1.18. The molecule has 19 heavy (non-hydrogen) atoms. The highest BCUT2D eigenvalue weighted by Crippen LogP contribution is 2.18. The number of thiazole rings is 1. The molecule has 0 fully saturated rings. The van der Waals surface area contributed by atoms with Crippen LogP contribution in [-0.4, -0.2) is 11.0 Å². The molecule has 2 aromatic rings. The number of hydrogen-bond acceptors (Lipinski definition) is 4. The Morgan fingerprint density at radius 3 is 2.84 bits per heavy atom. The summed E-state index contributed by atoms with van der Waals surface area (Å²) < 4.78 is 13.7. The van der Waals surface area contributed by atoms with E-state index in [1.807, 2.05) is 12.3 Å². The van der Waals surface area contributed by atoms with Crippen molar-refractivity contribution in [1.82, 2.24) is 10.4 Å². The van der Waals surface area contributed by atoms with E-state index >= 15 is 0 Å². The molecule has 1 atom stereocenters. The minimum Gasteiger partial charge on any atom is -0.271 e. The fraction of sp³-hybridized carbons (Fsp3) is 0.308. The van der Waals surface area contributed by atoms with Gasteiger partial charge in [-0.25, -0.2) is 9.37 Å². The lowest BCUT2D eigenvalue weighted by molar-refractivity contribution is 0.505. The zero-order valence-corrected chi connectivity index (χ0v) is 12.1. The van der Waals surface area contributed by atoms with E-state index in [4.69, 9.17) is 17.4 Å². The van der Waals surface area contributed by atoms with E-state index in [1.165, 1.54) is 6.07 Å². The van der Waals surface area contributed by atoms with Crippen molar-refractivity contribution < 1.29 is 4.39 Å². The summed E-state index contributed by atoms with van der Waals surface area (Å²) in [5.41, 5.74) is 4.31. The van der Waals surface area contributed by atoms with Crippen molar-refractivity contribution in [3.05, 3.63) is 50.7 Å². The van der Waals surface area contributed by atoms with Crippen LogP contribution < -0.4 is 11.3 Å². The molecule has 0 aliphatic rings. The van der Waals surface area contributed by atoms with Crippen LogP contribution in [0.2, 0.25) is 5.02 Å². The summed E-state index contributed by atoms with van der Waals surface area (Å²) in [5.74, 6) is 5.23.